The molecule has 3 fully saturated rings. The van der Waals surface area contributed by atoms with Crippen molar-refractivity contribution in [1.29, 1.82) is 0 Å². The maximum absolute atomic E-state index is 4.75. The second-order valence-corrected chi connectivity index (χ2v) is 7.79. The van der Waals surface area contributed by atoms with Gasteiger partial charge in [0, 0.05) is 24.8 Å². The molecule has 2 unspecified atom stereocenters. The van der Waals surface area contributed by atoms with Gasteiger partial charge in [0.25, 0.3) is 0 Å². The van der Waals surface area contributed by atoms with Gasteiger partial charge in [-0.3, -0.25) is 4.68 Å². The zero-order chi connectivity index (χ0) is 14.4. The second-order valence-electron chi connectivity index (χ2n) is 7.79. The van der Waals surface area contributed by atoms with E-state index in [1.165, 1.54) is 56.5 Å². The summed E-state index contributed by atoms with van der Waals surface area (Å²) in [4.78, 5) is 0. The first-order valence-electron chi connectivity index (χ1n) is 9.00. The highest BCUT2D eigenvalue weighted by Crippen LogP contribution is 2.60. The molecule has 3 saturated carbocycles. The van der Waals surface area contributed by atoms with Crippen molar-refractivity contribution in [1.82, 2.24) is 15.1 Å². The Morgan fingerprint density at radius 3 is 2.67 bits per heavy atom. The largest absolute Gasteiger partial charge is 0.313 e. The predicted octanol–water partition coefficient (Wildman–Crippen LogP) is 3.18. The molecule has 2 atom stereocenters. The van der Waals surface area contributed by atoms with Crippen molar-refractivity contribution in [2.24, 2.45) is 17.3 Å². The molecular formula is C18H29N3. The van der Waals surface area contributed by atoms with Crippen LogP contribution in [-0.2, 0) is 19.4 Å². The van der Waals surface area contributed by atoms with Crippen molar-refractivity contribution in [3.63, 3.8) is 0 Å². The van der Waals surface area contributed by atoms with Crippen molar-refractivity contribution in [2.75, 3.05) is 6.54 Å². The summed E-state index contributed by atoms with van der Waals surface area (Å²) in [6.45, 7) is 6.67. The van der Waals surface area contributed by atoms with Crippen LogP contribution in [-0.4, -0.2) is 22.4 Å². The first-order chi connectivity index (χ1) is 10.2. The molecule has 0 saturated heterocycles. The summed E-state index contributed by atoms with van der Waals surface area (Å²) < 4.78 is 2.25. The highest BCUT2D eigenvalue weighted by Gasteiger charge is 2.53. The van der Waals surface area contributed by atoms with E-state index < -0.39 is 0 Å². The third-order valence-electron chi connectivity index (χ3n) is 5.93. The van der Waals surface area contributed by atoms with Crippen molar-refractivity contribution in [3.8, 4) is 0 Å². The number of hydrogen-bond acceptors (Lipinski definition) is 2. The van der Waals surface area contributed by atoms with Gasteiger partial charge in [-0.1, -0.05) is 6.92 Å². The number of fused-ring (bicyclic) bond motifs is 1. The van der Waals surface area contributed by atoms with E-state index in [4.69, 9.17) is 5.10 Å². The molecule has 1 aromatic heterocycles. The summed E-state index contributed by atoms with van der Waals surface area (Å²) in [6, 6.07) is 3.20. The Labute approximate surface area is 128 Å². The average molecular weight is 287 g/mol. The summed E-state index contributed by atoms with van der Waals surface area (Å²) in [6.07, 6.45) is 9.50. The fourth-order valence-electron chi connectivity index (χ4n) is 4.49. The second kappa shape index (κ2) is 5.12. The lowest BCUT2D eigenvalue weighted by Crippen LogP contribution is -2.36. The molecule has 1 aromatic rings. The van der Waals surface area contributed by atoms with Crippen LogP contribution in [0.4, 0.5) is 0 Å². The first kappa shape index (κ1) is 13.8. The minimum absolute atomic E-state index is 0.522. The summed E-state index contributed by atoms with van der Waals surface area (Å²) in [7, 11) is 0. The van der Waals surface area contributed by atoms with Gasteiger partial charge in [0.15, 0.2) is 0 Å². The topological polar surface area (TPSA) is 29.9 Å². The van der Waals surface area contributed by atoms with Gasteiger partial charge in [-0.15, -0.1) is 0 Å². The van der Waals surface area contributed by atoms with Crippen molar-refractivity contribution < 1.29 is 0 Å². The van der Waals surface area contributed by atoms with Crippen molar-refractivity contribution in [2.45, 2.75) is 71.4 Å². The van der Waals surface area contributed by atoms with Gasteiger partial charge < -0.3 is 5.32 Å². The Bertz CT molecular complexity index is 505. The lowest BCUT2D eigenvalue weighted by atomic mass is 9.78. The SMILES string of the molecule is CCc1cc(CC2(CNC3CC3)CC3CC3C2)n(CC)n1. The van der Waals surface area contributed by atoms with E-state index in [1.807, 2.05) is 0 Å². The third kappa shape index (κ3) is 2.77. The van der Waals surface area contributed by atoms with Gasteiger partial charge in [0.05, 0.1) is 5.69 Å². The minimum Gasteiger partial charge on any atom is -0.313 e. The van der Waals surface area contributed by atoms with Crippen LogP contribution in [0.15, 0.2) is 6.07 Å². The molecule has 1 N–H and O–H groups in total. The molecular weight excluding hydrogens is 258 g/mol. The smallest absolute Gasteiger partial charge is 0.0624 e. The molecule has 3 heteroatoms. The Morgan fingerprint density at radius 2 is 2.05 bits per heavy atom. The van der Waals surface area contributed by atoms with E-state index in [1.54, 1.807) is 0 Å². The standard InChI is InChI=1S/C18H29N3/c1-3-15-8-17(21(4-2)20-15)11-18(12-19-16-5-6-16)9-13-7-14(13)10-18/h8,13-14,16,19H,3-7,9-12H2,1-2H3. The van der Waals surface area contributed by atoms with E-state index in [2.05, 4.69) is 29.9 Å². The van der Waals surface area contributed by atoms with Crippen LogP contribution in [0.5, 0.6) is 0 Å². The number of nitrogens with one attached hydrogen (secondary N) is 1. The minimum atomic E-state index is 0.522. The fraction of sp³-hybridized carbons (Fsp3) is 0.833. The molecule has 0 aromatic carbocycles. The highest BCUT2D eigenvalue weighted by molar-refractivity contribution is 5.16. The van der Waals surface area contributed by atoms with Crippen molar-refractivity contribution >= 4 is 0 Å². The Balaban J connectivity index is 1.51. The number of rotatable bonds is 7. The molecule has 116 valence electrons. The number of aromatic nitrogens is 2. The molecule has 3 aliphatic carbocycles. The molecule has 0 spiro atoms. The van der Waals surface area contributed by atoms with Gasteiger partial charge in [-0.05, 0) is 75.2 Å². The number of hydrogen-bond donors (Lipinski definition) is 1. The maximum atomic E-state index is 4.75. The van der Waals surface area contributed by atoms with Crippen LogP contribution < -0.4 is 5.32 Å². The lowest BCUT2D eigenvalue weighted by molar-refractivity contribution is 0.241. The summed E-state index contributed by atoms with van der Waals surface area (Å²) in [5.74, 6) is 2.10. The Hall–Kier alpha value is -0.830. The summed E-state index contributed by atoms with van der Waals surface area (Å²) >= 11 is 0. The predicted molar refractivity (Wildman–Crippen MR) is 85.3 cm³/mol. The Morgan fingerprint density at radius 1 is 1.29 bits per heavy atom. The van der Waals surface area contributed by atoms with Crippen LogP contribution >= 0.6 is 0 Å². The first-order valence-corrected chi connectivity index (χ1v) is 9.00. The van der Waals surface area contributed by atoms with E-state index in [-0.39, 0.29) is 0 Å². The Kier molecular flexibility index (Phi) is 3.36. The molecule has 0 bridgehead atoms. The monoisotopic (exact) mass is 287 g/mol. The zero-order valence-electron chi connectivity index (χ0n) is 13.6. The maximum Gasteiger partial charge on any atom is 0.0624 e. The molecule has 0 radical (unpaired) electrons. The molecule has 0 amide bonds. The highest BCUT2D eigenvalue weighted by atomic mass is 15.3. The molecule has 0 aliphatic heterocycles. The number of nitrogens with zero attached hydrogens (tertiary/aromatic N) is 2. The zero-order valence-corrected chi connectivity index (χ0v) is 13.6. The van der Waals surface area contributed by atoms with Gasteiger partial charge in [0.1, 0.15) is 0 Å². The van der Waals surface area contributed by atoms with E-state index in [0.717, 1.165) is 30.8 Å². The average Bonchev–Trinajstić information content (AvgIpc) is 3.38. The lowest BCUT2D eigenvalue weighted by Gasteiger charge is -2.31. The van der Waals surface area contributed by atoms with Crippen LogP contribution in [0.25, 0.3) is 0 Å². The fourth-order valence-corrected chi connectivity index (χ4v) is 4.49. The van der Waals surface area contributed by atoms with E-state index >= 15 is 0 Å². The van der Waals surface area contributed by atoms with Crippen LogP contribution in [0.1, 0.15) is 57.3 Å². The molecule has 3 aliphatic rings. The normalized spacial score (nSPS) is 34.2. The van der Waals surface area contributed by atoms with Crippen LogP contribution in [0, 0.1) is 17.3 Å². The summed E-state index contributed by atoms with van der Waals surface area (Å²) in [5.41, 5.74) is 3.27. The molecule has 3 nitrogen and oxygen atoms in total. The molecule has 21 heavy (non-hydrogen) atoms. The van der Waals surface area contributed by atoms with E-state index in [9.17, 15) is 0 Å². The quantitative estimate of drug-likeness (QED) is 0.835. The van der Waals surface area contributed by atoms with E-state index in [0.29, 0.717) is 5.41 Å². The van der Waals surface area contributed by atoms with Gasteiger partial charge in [-0.25, -0.2) is 0 Å². The van der Waals surface area contributed by atoms with Gasteiger partial charge in [0.2, 0.25) is 0 Å². The van der Waals surface area contributed by atoms with Crippen LogP contribution in [0.3, 0.4) is 0 Å². The molecule has 1 heterocycles. The van der Waals surface area contributed by atoms with Crippen molar-refractivity contribution in [3.05, 3.63) is 17.5 Å². The summed E-state index contributed by atoms with van der Waals surface area (Å²) in [5, 5.41) is 8.58. The van der Waals surface area contributed by atoms with Gasteiger partial charge >= 0.3 is 0 Å². The molecule has 4 rings (SSSR count). The van der Waals surface area contributed by atoms with Crippen LogP contribution in [0.2, 0.25) is 0 Å². The number of aryl methyl sites for hydroxylation is 2. The van der Waals surface area contributed by atoms with Gasteiger partial charge in [-0.2, -0.15) is 5.10 Å². The third-order valence-corrected chi connectivity index (χ3v) is 5.93.